The Morgan fingerprint density at radius 3 is 2.67 bits per heavy atom. The van der Waals surface area contributed by atoms with E-state index >= 15 is 0 Å². The van der Waals surface area contributed by atoms with E-state index in [0.29, 0.717) is 17.1 Å². The van der Waals surface area contributed by atoms with Crippen molar-refractivity contribution in [3.63, 3.8) is 0 Å². The average molecular weight is 403 g/mol. The quantitative estimate of drug-likeness (QED) is 0.567. The van der Waals surface area contributed by atoms with E-state index in [1.807, 2.05) is 6.07 Å². The van der Waals surface area contributed by atoms with Gasteiger partial charge in [0, 0.05) is 16.7 Å². The van der Waals surface area contributed by atoms with Gasteiger partial charge in [0.15, 0.2) is 0 Å². The summed E-state index contributed by atoms with van der Waals surface area (Å²) in [5.74, 6) is -0.121. The van der Waals surface area contributed by atoms with Crippen molar-refractivity contribution in [2.45, 2.75) is 13.3 Å². The van der Waals surface area contributed by atoms with Gasteiger partial charge in [0.05, 0.1) is 10.6 Å². The smallest absolute Gasteiger partial charge is 0.252 e. The molecule has 0 heterocycles. The van der Waals surface area contributed by atoms with Crippen LogP contribution < -0.4 is 10.6 Å². The van der Waals surface area contributed by atoms with Crippen molar-refractivity contribution < 1.29 is 4.79 Å². The summed E-state index contributed by atoms with van der Waals surface area (Å²) in [5, 5.41) is 6.54. The van der Waals surface area contributed by atoms with Gasteiger partial charge in [-0.15, -0.1) is 12.4 Å². The Hall–Kier alpha value is -0.0400. The summed E-state index contributed by atoms with van der Waals surface area (Å²) in [4.78, 5) is 11.8. The first-order valence-electron chi connectivity index (χ1n) is 5.59. The first-order valence-corrected chi connectivity index (χ1v) is 7.04. The van der Waals surface area contributed by atoms with Crippen LogP contribution in [0.25, 0.3) is 0 Å². The van der Waals surface area contributed by atoms with Gasteiger partial charge in [-0.05, 0) is 53.8 Å². The number of nitrogens with one attached hydrogen (secondary N) is 2. The molecule has 0 spiro atoms. The van der Waals surface area contributed by atoms with E-state index in [-0.39, 0.29) is 18.3 Å². The highest BCUT2D eigenvalue weighted by molar-refractivity contribution is 14.1. The molecule has 0 saturated heterocycles. The lowest BCUT2D eigenvalue weighted by molar-refractivity contribution is 0.0954. The second-order valence-electron chi connectivity index (χ2n) is 3.63. The Morgan fingerprint density at radius 1 is 1.33 bits per heavy atom. The molecule has 0 saturated carbocycles. The average Bonchev–Trinajstić information content (AvgIpc) is 2.28. The second-order valence-corrected chi connectivity index (χ2v) is 5.28. The van der Waals surface area contributed by atoms with Crippen LogP contribution in [0.2, 0.25) is 5.02 Å². The number of hydrogen-bond donors (Lipinski definition) is 2. The van der Waals surface area contributed by atoms with Gasteiger partial charge in [0.25, 0.3) is 5.91 Å². The lowest BCUT2D eigenvalue weighted by Gasteiger charge is -2.07. The van der Waals surface area contributed by atoms with E-state index in [0.717, 1.165) is 23.1 Å². The van der Waals surface area contributed by atoms with Crippen LogP contribution in [-0.2, 0) is 0 Å². The first kappa shape index (κ1) is 18.0. The number of benzene rings is 1. The largest absolute Gasteiger partial charge is 0.351 e. The lowest BCUT2D eigenvalue weighted by Crippen LogP contribution is -2.32. The molecule has 1 rings (SSSR count). The van der Waals surface area contributed by atoms with Crippen LogP contribution in [-0.4, -0.2) is 25.5 Å². The third-order valence-corrected chi connectivity index (χ3v) is 3.17. The summed E-state index contributed by atoms with van der Waals surface area (Å²) in [6.45, 7) is 4.47. The van der Waals surface area contributed by atoms with Crippen molar-refractivity contribution in [1.82, 2.24) is 10.6 Å². The molecule has 102 valence electrons. The molecule has 0 radical (unpaired) electrons. The third kappa shape index (κ3) is 6.22. The van der Waals surface area contributed by atoms with Gasteiger partial charge in [-0.1, -0.05) is 18.5 Å². The zero-order chi connectivity index (χ0) is 12.7. The predicted molar refractivity (Wildman–Crippen MR) is 86.9 cm³/mol. The summed E-state index contributed by atoms with van der Waals surface area (Å²) >= 11 is 8.17. The topological polar surface area (TPSA) is 41.1 Å². The monoisotopic (exact) mass is 402 g/mol. The fourth-order valence-corrected chi connectivity index (χ4v) is 2.28. The molecule has 0 atom stereocenters. The van der Waals surface area contributed by atoms with Crippen molar-refractivity contribution in [2.24, 2.45) is 0 Å². The Morgan fingerprint density at radius 2 is 2.06 bits per heavy atom. The lowest BCUT2D eigenvalue weighted by atomic mass is 10.2. The minimum absolute atomic E-state index is 0. The van der Waals surface area contributed by atoms with Crippen molar-refractivity contribution in [3.8, 4) is 0 Å². The molecule has 0 aliphatic heterocycles. The van der Waals surface area contributed by atoms with Crippen molar-refractivity contribution in [2.75, 3.05) is 19.6 Å². The van der Waals surface area contributed by atoms with Gasteiger partial charge in [-0.25, -0.2) is 0 Å². The predicted octanol–water partition coefficient (Wildman–Crippen LogP) is 3.10. The van der Waals surface area contributed by atoms with Gasteiger partial charge < -0.3 is 10.6 Å². The molecule has 0 fully saturated rings. The molecule has 1 aromatic rings. The van der Waals surface area contributed by atoms with Crippen LogP contribution in [0.5, 0.6) is 0 Å². The molecule has 0 unspecified atom stereocenters. The van der Waals surface area contributed by atoms with Crippen LogP contribution >= 0.6 is 46.6 Å². The molecule has 0 bridgehead atoms. The zero-order valence-corrected chi connectivity index (χ0v) is 13.9. The van der Waals surface area contributed by atoms with Crippen LogP contribution in [0.3, 0.4) is 0 Å². The molecule has 3 nitrogen and oxygen atoms in total. The number of hydrogen-bond acceptors (Lipinski definition) is 2. The maximum atomic E-state index is 11.8. The molecule has 0 aliphatic rings. The fraction of sp³-hybridized carbons (Fsp3) is 0.417. The standard InChI is InChI=1S/C12H16ClIN2O.ClH/c1-2-5-15-6-7-16-12(17)10-4-3-9(14)8-11(10)13;/h3-4,8,15H,2,5-7H2,1H3,(H,16,17);1H. The van der Waals surface area contributed by atoms with Crippen molar-refractivity contribution in [3.05, 3.63) is 32.4 Å². The zero-order valence-electron chi connectivity index (χ0n) is 10.1. The van der Waals surface area contributed by atoms with E-state index in [1.165, 1.54) is 0 Å². The Bertz CT molecular complexity index is 388. The second kappa shape index (κ2) is 9.83. The minimum atomic E-state index is -0.121. The third-order valence-electron chi connectivity index (χ3n) is 2.19. The van der Waals surface area contributed by atoms with Crippen LogP contribution in [0.1, 0.15) is 23.7 Å². The highest BCUT2D eigenvalue weighted by Gasteiger charge is 2.09. The van der Waals surface area contributed by atoms with Gasteiger partial charge in [-0.2, -0.15) is 0 Å². The van der Waals surface area contributed by atoms with E-state index in [9.17, 15) is 4.79 Å². The van der Waals surface area contributed by atoms with Gasteiger partial charge in [0.1, 0.15) is 0 Å². The highest BCUT2D eigenvalue weighted by atomic mass is 127. The minimum Gasteiger partial charge on any atom is -0.351 e. The van der Waals surface area contributed by atoms with Gasteiger partial charge in [0.2, 0.25) is 0 Å². The SMILES string of the molecule is CCCNCCNC(=O)c1ccc(I)cc1Cl.Cl. The molecule has 1 amide bonds. The van der Waals surface area contributed by atoms with Crippen LogP contribution in [0, 0.1) is 3.57 Å². The molecule has 0 aliphatic carbocycles. The maximum absolute atomic E-state index is 11.8. The van der Waals surface area contributed by atoms with Crippen molar-refractivity contribution in [1.29, 1.82) is 0 Å². The van der Waals surface area contributed by atoms with E-state index in [1.54, 1.807) is 12.1 Å². The normalized spacial score (nSPS) is 9.72. The number of carbonyl (C=O) groups is 1. The maximum Gasteiger partial charge on any atom is 0.252 e. The molecule has 6 heteroatoms. The van der Waals surface area contributed by atoms with Crippen molar-refractivity contribution >= 4 is 52.5 Å². The number of rotatable bonds is 6. The molecule has 0 aromatic heterocycles. The van der Waals surface area contributed by atoms with Crippen LogP contribution in [0.15, 0.2) is 18.2 Å². The first-order chi connectivity index (χ1) is 8.15. The Labute approximate surface area is 133 Å². The number of halogens is 3. The molecule has 1 aromatic carbocycles. The highest BCUT2D eigenvalue weighted by Crippen LogP contribution is 2.18. The summed E-state index contributed by atoms with van der Waals surface area (Å²) < 4.78 is 1.02. The fourth-order valence-electron chi connectivity index (χ4n) is 1.34. The van der Waals surface area contributed by atoms with E-state index in [4.69, 9.17) is 11.6 Å². The van der Waals surface area contributed by atoms with Gasteiger partial charge >= 0.3 is 0 Å². The summed E-state index contributed by atoms with van der Waals surface area (Å²) in [6, 6.07) is 5.40. The summed E-state index contributed by atoms with van der Waals surface area (Å²) in [7, 11) is 0. The molecular formula is C12H17Cl2IN2O. The Balaban J connectivity index is 0.00000289. The number of amides is 1. The summed E-state index contributed by atoms with van der Waals surface area (Å²) in [5.41, 5.74) is 0.530. The Kier molecular flexibility index (Phi) is 9.81. The van der Waals surface area contributed by atoms with E-state index in [2.05, 4.69) is 40.1 Å². The molecule has 18 heavy (non-hydrogen) atoms. The molecule has 2 N–H and O–H groups in total. The summed E-state index contributed by atoms with van der Waals surface area (Å²) in [6.07, 6.45) is 1.09. The van der Waals surface area contributed by atoms with E-state index < -0.39 is 0 Å². The van der Waals surface area contributed by atoms with Gasteiger partial charge in [-0.3, -0.25) is 4.79 Å². The van der Waals surface area contributed by atoms with Crippen LogP contribution in [0.4, 0.5) is 0 Å². The number of carbonyl (C=O) groups excluding carboxylic acids is 1. The molecular weight excluding hydrogens is 386 g/mol.